The molecule has 0 spiro atoms. The van der Waals surface area contributed by atoms with Gasteiger partial charge >= 0.3 is 0 Å². The van der Waals surface area contributed by atoms with Crippen LogP contribution in [-0.4, -0.2) is 15.0 Å². The average molecular weight is 378 g/mol. The van der Waals surface area contributed by atoms with Gasteiger partial charge in [0.25, 0.3) is 0 Å². The molecule has 2 aromatic heterocycles. The fourth-order valence-corrected chi connectivity index (χ4v) is 2.81. The minimum atomic E-state index is -0.621. The Kier molecular flexibility index (Phi) is 4.44. The molecule has 2 heterocycles. The summed E-state index contributed by atoms with van der Waals surface area (Å²) in [5, 5.41) is 6.77. The van der Waals surface area contributed by atoms with E-state index in [1.165, 1.54) is 6.33 Å². The molecule has 0 amide bonds. The van der Waals surface area contributed by atoms with Crippen molar-refractivity contribution in [3.8, 4) is 0 Å². The Balaban J connectivity index is 1.69. The molecule has 6 nitrogen and oxygen atoms in total. The number of benzene rings is 2. The Bertz CT molecular complexity index is 1180. The smallest absolute Gasteiger partial charge is 0.159 e. The number of anilines is 5. The zero-order valence-corrected chi connectivity index (χ0v) is 14.9. The number of nitrogen functional groups attached to an aromatic ring is 1. The number of hydrogen-bond acceptors (Lipinski definition) is 6. The number of nitrogens with two attached hydrogens (primary N) is 1. The maximum Gasteiger partial charge on any atom is 0.159 e. The summed E-state index contributed by atoms with van der Waals surface area (Å²) >= 11 is 0. The quantitative estimate of drug-likeness (QED) is 0.478. The molecule has 0 aliphatic heterocycles. The van der Waals surface area contributed by atoms with Crippen molar-refractivity contribution >= 4 is 39.6 Å². The second kappa shape index (κ2) is 7.07. The van der Waals surface area contributed by atoms with Crippen molar-refractivity contribution < 1.29 is 8.78 Å². The Morgan fingerprint density at radius 3 is 2.43 bits per heavy atom. The molecular formula is C20H16F2N6. The molecule has 28 heavy (non-hydrogen) atoms. The van der Waals surface area contributed by atoms with Gasteiger partial charge in [0.05, 0.1) is 11.2 Å². The van der Waals surface area contributed by atoms with Crippen LogP contribution in [0.3, 0.4) is 0 Å². The maximum absolute atomic E-state index is 13.9. The highest BCUT2D eigenvalue weighted by Crippen LogP contribution is 2.31. The third-order valence-electron chi connectivity index (χ3n) is 4.19. The summed E-state index contributed by atoms with van der Waals surface area (Å²) in [5.41, 5.74) is 8.76. The number of pyridine rings is 1. The van der Waals surface area contributed by atoms with Gasteiger partial charge in [0.1, 0.15) is 23.6 Å². The highest BCUT2D eigenvalue weighted by atomic mass is 19.1. The second-order valence-corrected chi connectivity index (χ2v) is 6.18. The molecule has 0 saturated carbocycles. The van der Waals surface area contributed by atoms with Crippen LogP contribution in [0.5, 0.6) is 0 Å². The summed E-state index contributed by atoms with van der Waals surface area (Å²) in [7, 11) is 0. The zero-order valence-electron chi connectivity index (χ0n) is 14.9. The number of halogens is 2. The van der Waals surface area contributed by atoms with Crippen LogP contribution in [0, 0.1) is 18.6 Å². The lowest BCUT2D eigenvalue weighted by Crippen LogP contribution is -2.06. The topological polar surface area (TPSA) is 88.8 Å². The number of aromatic nitrogens is 3. The van der Waals surface area contributed by atoms with Gasteiger partial charge in [-0.3, -0.25) is 4.98 Å². The van der Waals surface area contributed by atoms with Crippen LogP contribution in [0.1, 0.15) is 5.69 Å². The van der Waals surface area contributed by atoms with Gasteiger partial charge in [0, 0.05) is 22.8 Å². The van der Waals surface area contributed by atoms with Crippen molar-refractivity contribution in [2.75, 3.05) is 16.4 Å². The molecule has 0 atom stereocenters. The molecule has 8 heteroatoms. The molecule has 0 radical (unpaired) electrons. The van der Waals surface area contributed by atoms with Crippen molar-refractivity contribution in [3.05, 3.63) is 72.2 Å². The number of rotatable bonds is 4. The molecule has 0 saturated heterocycles. The van der Waals surface area contributed by atoms with E-state index in [0.717, 1.165) is 40.5 Å². The zero-order chi connectivity index (χ0) is 19.7. The number of nitrogens with zero attached hydrogens (tertiary/aromatic N) is 3. The summed E-state index contributed by atoms with van der Waals surface area (Å²) < 4.78 is 27.3. The van der Waals surface area contributed by atoms with Gasteiger partial charge in [-0.05, 0) is 43.3 Å². The first-order valence-electron chi connectivity index (χ1n) is 8.47. The van der Waals surface area contributed by atoms with Gasteiger partial charge in [0.2, 0.25) is 0 Å². The lowest BCUT2D eigenvalue weighted by Gasteiger charge is -2.14. The van der Waals surface area contributed by atoms with E-state index >= 15 is 0 Å². The van der Waals surface area contributed by atoms with Gasteiger partial charge < -0.3 is 16.4 Å². The van der Waals surface area contributed by atoms with Gasteiger partial charge in [-0.25, -0.2) is 18.7 Å². The highest BCUT2D eigenvalue weighted by molar-refractivity contribution is 5.94. The first-order valence-corrected chi connectivity index (χ1v) is 8.47. The van der Waals surface area contributed by atoms with Crippen molar-refractivity contribution in [1.82, 2.24) is 15.0 Å². The van der Waals surface area contributed by atoms with Crippen LogP contribution in [0.25, 0.3) is 10.9 Å². The van der Waals surface area contributed by atoms with Gasteiger partial charge in [-0.1, -0.05) is 6.07 Å². The van der Waals surface area contributed by atoms with Crippen molar-refractivity contribution in [2.45, 2.75) is 6.92 Å². The predicted octanol–water partition coefficient (Wildman–Crippen LogP) is 4.68. The van der Waals surface area contributed by atoms with E-state index in [1.54, 1.807) is 0 Å². The summed E-state index contributed by atoms with van der Waals surface area (Å²) in [6.07, 6.45) is 1.28. The minimum Gasteiger partial charge on any atom is -0.393 e. The number of aryl methyl sites for hydroxylation is 1. The predicted molar refractivity (Wildman–Crippen MR) is 106 cm³/mol. The van der Waals surface area contributed by atoms with Crippen LogP contribution in [0.4, 0.5) is 37.5 Å². The fraction of sp³-hybridized carbons (Fsp3) is 0.0500. The SMILES string of the molecule is Cc1ccc2c(Nc3ncnc(Nc4cc(F)ccc4F)c3N)cccc2n1. The molecule has 0 fully saturated rings. The Hall–Kier alpha value is -3.81. The summed E-state index contributed by atoms with van der Waals surface area (Å²) in [4.78, 5) is 12.7. The number of fused-ring (bicyclic) bond motifs is 1. The van der Waals surface area contributed by atoms with Crippen LogP contribution >= 0.6 is 0 Å². The first kappa shape index (κ1) is 17.6. The average Bonchev–Trinajstić information content (AvgIpc) is 2.67. The standard InChI is InChI=1S/C20H16F2N6/c1-11-5-7-13-15(26-11)3-2-4-16(13)27-19-18(23)20(25-10-24-19)28-17-9-12(21)6-8-14(17)22/h2-10H,23H2,1H3,(H2,24,25,27,28). The number of nitrogens with one attached hydrogen (secondary N) is 2. The second-order valence-electron chi connectivity index (χ2n) is 6.18. The van der Waals surface area contributed by atoms with Gasteiger partial charge in [0.15, 0.2) is 11.6 Å². The van der Waals surface area contributed by atoms with Crippen molar-refractivity contribution in [2.24, 2.45) is 0 Å². The van der Waals surface area contributed by atoms with E-state index in [-0.39, 0.29) is 17.2 Å². The van der Waals surface area contributed by atoms with Crippen LogP contribution in [0.2, 0.25) is 0 Å². The molecule has 4 aromatic rings. The molecule has 0 unspecified atom stereocenters. The van der Waals surface area contributed by atoms with Crippen molar-refractivity contribution in [3.63, 3.8) is 0 Å². The Labute approximate surface area is 159 Å². The molecule has 0 bridgehead atoms. The van der Waals surface area contributed by atoms with E-state index in [9.17, 15) is 8.78 Å². The molecule has 2 aromatic carbocycles. The lowest BCUT2D eigenvalue weighted by molar-refractivity contribution is 0.603. The largest absolute Gasteiger partial charge is 0.393 e. The fourth-order valence-electron chi connectivity index (χ4n) is 2.81. The van der Waals surface area contributed by atoms with E-state index in [4.69, 9.17) is 5.73 Å². The van der Waals surface area contributed by atoms with Crippen molar-refractivity contribution in [1.29, 1.82) is 0 Å². The minimum absolute atomic E-state index is 0.0683. The molecule has 4 N–H and O–H groups in total. The monoisotopic (exact) mass is 378 g/mol. The van der Waals surface area contributed by atoms with Gasteiger partial charge in [-0.2, -0.15) is 0 Å². The maximum atomic E-state index is 13.9. The van der Waals surface area contributed by atoms with Crippen LogP contribution in [0.15, 0.2) is 54.9 Å². The molecule has 0 aliphatic rings. The molecular weight excluding hydrogens is 362 g/mol. The summed E-state index contributed by atoms with van der Waals surface area (Å²) in [6.45, 7) is 1.92. The third kappa shape index (κ3) is 3.39. The summed E-state index contributed by atoms with van der Waals surface area (Å²) in [6, 6.07) is 12.6. The molecule has 0 aliphatic carbocycles. The van der Waals surface area contributed by atoms with E-state index in [0.29, 0.717) is 5.82 Å². The van der Waals surface area contributed by atoms with E-state index < -0.39 is 11.6 Å². The molecule has 4 rings (SSSR count). The van der Waals surface area contributed by atoms with Gasteiger partial charge in [-0.15, -0.1) is 0 Å². The lowest BCUT2D eigenvalue weighted by atomic mass is 10.1. The van der Waals surface area contributed by atoms with Crippen LogP contribution < -0.4 is 16.4 Å². The Morgan fingerprint density at radius 2 is 1.64 bits per heavy atom. The summed E-state index contributed by atoms with van der Waals surface area (Å²) in [5.74, 6) is -0.698. The van der Waals surface area contributed by atoms with E-state index in [1.807, 2.05) is 37.3 Å². The number of hydrogen-bond donors (Lipinski definition) is 3. The molecule has 140 valence electrons. The van der Waals surface area contributed by atoms with E-state index in [2.05, 4.69) is 25.6 Å². The van der Waals surface area contributed by atoms with Crippen LogP contribution in [-0.2, 0) is 0 Å². The normalized spacial score (nSPS) is 10.8. The highest BCUT2D eigenvalue weighted by Gasteiger charge is 2.12. The first-order chi connectivity index (χ1) is 13.5. The Morgan fingerprint density at radius 1 is 0.893 bits per heavy atom. The third-order valence-corrected chi connectivity index (χ3v) is 4.19.